The highest BCUT2D eigenvalue weighted by atomic mass is 14.7. The molecule has 0 amide bonds. The van der Waals surface area contributed by atoms with Crippen LogP contribution in [0.5, 0.6) is 0 Å². The Hall–Kier alpha value is -1.70. The second-order valence-electron chi connectivity index (χ2n) is 8.49. The number of rotatable bonds is 6. The Morgan fingerprint density at radius 1 is 0.875 bits per heavy atom. The van der Waals surface area contributed by atoms with Crippen LogP contribution in [-0.2, 0) is 17.3 Å². The van der Waals surface area contributed by atoms with Gasteiger partial charge in [-0.15, -0.1) is 0 Å². The Balaban J connectivity index is 2.22. The fraction of sp³-hybridized carbons (Fsp3) is 0.545. The predicted octanol–water partition coefficient (Wildman–Crippen LogP) is 5.57. The van der Waals surface area contributed by atoms with E-state index in [1.807, 2.05) is 18.6 Å². The van der Waals surface area contributed by atoms with Crippen molar-refractivity contribution >= 4 is 0 Å². The maximum Gasteiger partial charge on any atom is 0.0465 e. The lowest BCUT2D eigenvalue weighted by Gasteiger charge is -2.33. The third kappa shape index (κ3) is 3.85. The van der Waals surface area contributed by atoms with E-state index in [9.17, 15) is 0 Å². The average Bonchev–Trinajstić information content (AvgIpc) is 2.55. The molecule has 2 nitrogen and oxygen atoms in total. The Kier molecular flexibility index (Phi) is 5.47. The van der Waals surface area contributed by atoms with Crippen molar-refractivity contribution in [2.24, 2.45) is 11.8 Å². The van der Waals surface area contributed by atoms with Crippen molar-refractivity contribution in [1.29, 1.82) is 0 Å². The van der Waals surface area contributed by atoms with Gasteiger partial charge in [-0.1, -0.05) is 48.5 Å². The first-order valence-electron chi connectivity index (χ1n) is 9.01. The standard InChI is InChI=1S/C22H32N2/c1-16(2)21(4,5)20-15-18(8-13-24-20)14-17(3)22(6,7)19-9-11-23-12-10-19/h8-13,15-17H,14H2,1-7H3. The molecule has 0 aliphatic carbocycles. The van der Waals surface area contributed by atoms with Crippen LogP contribution in [0.2, 0.25) is 0 Å². The van der Waals surface area contributed by atoms with Gasteiger partial charge in [0.25, 0.3) is 0 Å². The molecule has 0 N–H and O–H groups in total. The van der Waals surface area contributed by atoms with Crippen molar-refractivity contribution < 1.29 is 0 Å². The van der Waals surface area contributed by atoms with Crippen LogP contribution in [0.25, 0.3) is 0 Å². The normalized spacial score (nSPS) is 14.0. The largest absolute Gasteiger partial charge is 0.265 e. The zero-order valence-corrected chi connectivity index (χ0v) is 16.3. The topological polar surface area (TPSA) is 25.8 Å². The minimum Gasteiger partial charge on any atom is -0.265 e. The SMILES string of the molecule is CC(C)C(C)(C)c1cc(CC(C)C(C)(C)c2ccncc2)ccn1. The van der Waals surface area contributed by atoms with Gasteiger partial charge in [-0.2, -0.15) is 0 Å². The molecule has 0 aromatic carbocycles. The molecule has 2 aromatic rings. The maximum absolute atomic E-state index is 4.65. The molecule has 1 atom stereocenters. The number of pyridine rings is 2. The molecule has 0 saturated carbocycles. The second kappa shape index (κ2) is 7.04. The molecule has 0 fully saturated rings. The summed E-state index contributed by atoms with van der Waals surface area (Å²) in [6.07, 6.45) is 6.80. The lowest BCUT2D eigenvalue weighted by Crippen LogP contribution is -2.29. The van der Waals surface area contributed by atoms with Crippen molar-refractivity contribution in [3.8, 4) is 0 Å². The third-order valence-corrected chi connectivity index (χ3v) is 6.13. The number of hydrogen-bond donors (Lipinski definition) is 0. The summed E-state index contributed by atoms with van der Waals surface area (Å²) in [4.78, 5) is 8.80. The third-order valence-electron chi connectivity index (χ3n) is 6.13. The molecule has 24 heavy (non-hydrogen) atoms. The predicted molar refractivity (Wildman–Crippen MR) is 102 cm³/mol. The zero-order valence-electron chi connectivity index (χ0n) is 16.3. The van der Waals surface area contributed by atoms with Gasteiger partial charge < -0.3 is 0 Å². The Morgan fingerprint density at radius 2 is 1.50 bits per heavy atom. The molecule has 1 unspecified atom stereocenters. The molecule has 0 saturated heterocycles. The van der Waals surface area contributed by atoms with Gasteiger partial charge in [0.1, 0.15) is 0 Å². The summed E-state index contributed by atoms with van der Waals surface area (Å²) < 4.78 is 0. The van der Waals surface area contributed by atoms with Crippen molar-refractivity contribution in [3.63, 3.8) is 0 Å². The molecule has 2 heterocycles. The Bertz CT molecular complexity index is 657. The molecule has 2 rings (SSSR count). The molecule has 0 aliphatic rings. The van der Waals surface area contributed by atoms with Crippen LogP contribution >= 0.6 is 0 Å². The first-order valence-corrected chi connectivity index (χ1v) is 9.01. The highest BCUT2D eigenvalue weighted by Gasteiger charge is 2.29. The smallest absolute Gasteiger partial charge is 0.0465 e. The summed E-state index contributed by atoms with van der Waals surface area (Å²) >= 11 is 0. The molecular weight excluding hydrogens is 292 g/mol. The highest BCUT2D eigenvalue weighted by Crippen LogP contribution is 2.35. The second-order valence-corrected chi connectivity index (χ2v) is 8.49. The highest BCUT2D eigenvalue weighted by molar-refractivity contribution is 5.26. The van der Waals surface area contributed by atoms with Crippen molar-refractivity contribution in [2.45, 2.75) is 65.7 Å². The van der Waals surface area contributed by atoms with Crippen LogP contribution in [0.1, 0.15) is 65.3 Å². The Morgan fingerprint density at radius 3 is 2.08 bits per heavy atom. The molecule has 0 spiro atoms. The molecule has 2 heteroatoms. The van der Waals surface area contributed by atoms with Crippen molar-refractivity contribution in [1.82, 2.24) is 9.97 Å². The molecule has 0 bridgehead atoms. The molecule has 130 valence electrons. The maximum atomic E-state index is 4.65. The van der Waals surface area contributed by atoms with Crippen LogP contribution in [0.4, 0.5) is 0 Å². The van der Waals surface area contributed by atoms with Crippen molar-refractivity contribution in [3.05, 3.63) is 59.7 Å². The van der Waals surface area contributed by atoms with E-state index in [-0.39, 0.29) is 10.8 Å². The summed E-state index contributed by atoms with van der Waals surface area (Å²) in [7, 11) is 0. The van der Waals surface area contributed by atoms with E-state index in [2.05, 4.69) is 82.7 Å². The van der Waals surface area contributed by atoms with Gasteiger partial charge >= 0.3 is 0 Å². The van der Waals surface area contributed by atoms with Crippen LogP contribution < -0.4 is 0 Å². The minimum absolute atomic E-state index is 0.0971. The summed E-state index contributed by atoms with van der Waals surface area (Å²) in [6, 6.07) is 8.74. The first kappa shape index (κ1) is 18.6. The number of hydrogen-bond acceptors (Lipinski definition) is 2. The van der Waals surface area contributed by atoms with E-state index < -0.39 is 0 Å². The quantitative estimate of drug-likeness (QED) is 0.694. The fourth-order valence-corrected chi connectivity index (χ4v) is 2.92. The molecule has 2 aromatic heterocycles. The summed E-state index contributed by atoms with van der Waals surface area (Å²) in [5.41, 5.74) is 4.13. The van der Waals surface area contributed by atoms with Gasteiger partial charge in [0, 0.05) is 29.7 Å². The van der Waals surface area contributed by atoms with E-state index in [4.69, 9.17) is 0 Å². The van der Waals surface area contributed by atoms with E-state index in [0.717, 1.165) is 6.42 Å². The van der Waals surface area contributed by atoms with E-state index in [1.54, 1.807) is 0 Å². The van der Waals surface area contributed by atoms with Crippen LogP contribution in [0.3, 0.4) is 0 Å². The van der Waals surface area contributed by atoms with Gasteiger partial charge in [-0.3, -0.25) is 9.97 Å². The van der Waals surface area contributed by atoms with E-state index in [1.165, 1.54) is 16.8 Å². The number of aromatic nitrogens is 2. The monoisotopic (exact) mass is 324 g/mol. The van der Waals surface area contributed by atoms with Crippen LogP contribution in [-0.4, -0.2) is 9.97 Å². The first-order chi connectivity index (χ1) is 11.2. The average molecular weight is 325 g/mol. The van der Waals surface area contributed by atoms with Gasteiger partial charge in [-0.25, -0.2) is 0 Å². The molecular formula is C22H32N2. The lowest BCUT2D eigenvalue weighted by atomic mass is 9.72. The summed E-state index contributed by atoms with van der Waals surface area (Å²) in [5.74, 6) is 1.09. The van der Waals surface area contributed by atoms with E-state index in [0.29, 0.717) is 11.8 Å². The van der Waals surface area contributed by atoms with Gasteiger partial charge in [-0.05, 0) is 59.1 Å². The zero-order chi connectivity index (χ0) is 18.0. The molecule has 0 aliphatic heterocycles. The van der Waals surface area contributed by atoms with E-state index >= 15 is 0 Å². The van der Waals surface area contributed by atoms with Gasteiger partial charge in [0.2, 0.25) is 0 Å². The van der Waals surface area contributed by atoms with Crippen molar-refractivity contribution in [2.75, 3.05) is 0 Å². The van der Waals surface area contributed by atoms with Crippen LogP contribution in [0, 0.1) is 11.8 Å². The number of nitrogens with zero attached hydrogens (tertiary/aromatic N) is 2. The van der Waals surface area contributed by atoms with Gasteiger partial charge in [0.15, 0.2) is 0 Å². The lowest BCUT2D eigenvalue weighted by molar-refractivity contribution is 0.340. The fourth-order valence-electron chi connectivity index (χ4n) is 2.92. The molecule has 0 radical (unpaired) electrons. The van der Waals surface area contributed by atoms with Gasteiger partial charge in [0.05, 0.1) is 0 Å². The van der Waals surface area contributed by atoms with Crippen LogP contribution in [0.15, 0.2) is 42.9 Å². The summed E-state index contributed by atoms with van der Waals surface area (Å²) in [5, 5.41) is 0. The minimum atomic E-state index is 0.0971. The summed E-state index contributed by atoms with van der Waals surface area (Å²) in [6.45, 7) is 16.1. The Labute approximate surface area is 147 Å².